The van der Waals surface area contributed by atoms with Gasteiger partial charge in [-0.3, -0.25) is 0 Å². The predicted octanol–water partition coefficient (Wildman–Crippen LogP) is 7.56. The SMILES string of the molecule is CCC1=Cc2c(ccc(C)c2-c2ccccc2C(C)C)[CH]1[Zr]([Cl])[Cl]. The fourth-order valence-electron chi connectivity index (χ4n) is 3.77. The molecule has 1 aliphatic rings. The van der Waals surface area contributed by atoms with Crippen LogP contribution in [0.25, 0.3) is 17.2 Å². The van der Waals surface area contributed by atoms with Crippen molar-refractivity contribution in [3.05, 3.63) is 64.2 Å². The first-order chi connectivity index (χ1) is 11.5. The molecule has 0 aliphatic heterocycles. The number of aryl methyl sites for hydroxylation is 1. The average Bonchev–Trinajstić information content (AvgIpc) is 2.93. The number of rotatable bonds is 4. The van der Waals surface area contributed by atoms with Crippen molar-refractivity contribution >= 4 is 23.1 Å². The van der Waals surface area contributed by atoms with Gasteiger partial charge in [0.1, 0.15) is 0 Å². The van der Waals surface area contributed by atoms with Crippen LogP contribution < -0.4 is 0 Å². The number of hydrogen-bond donors (Lipinski definition) is 0. The molecule has 0 fully saturated rings. The zero-order valence-corrected chi connectivity index (χ0v) is 18.6. The molecule has 0 aromatic heterocycles. The summed E-state index contributed by atoms with van der Waals surface area (Å²) in [4.78, 5) is 0. The fraction of sp³-hybridized carbons (Fsp3) is 0.333. The second kappa shape index (κ2) is 7.49. The third kappa shape index (κ3) is 3.21. The molecule has 125 valence electrons. The maximum absolute atomic E-state index is 6.53. The summed E-state index contributed by atoms with van der Waals surface area (Å²) in [6.45, 7) is 8.94. The van der Waals surface area contributed by atoms with E-state index in [2.05, 4.69) is 70.2 Å². The molecular weight excluding hydrogens is 414 g/mol. The van der Waals surface area contributed by atoms with Crippen molar-refractivity contribution in [3.63, 3.8) is 0 Å². The molecule has 0 saturated carbocycles. The van der Waals surface area contributed by atoms with Crippen molar-refractivity contribution in [3.8, 4) is 11.1 Å². The summed E-state index contributed by atoms with van der Waals surface area (Å²) in [5, 5.41) is 0. The van der Waals surface area contributed by atoms with E-state index in [0.29, 0.717) is 9.54 Å². The van der Waals surface area contributed by atoms with Gasteiger partial charge in [-0.15, -0.1) is 0 Å². The third-order valence-electron chi connectivity index (χ3n) is 4.98. The summed E-state index contributed by atoms with van der Waals surface area (Å²) < 4.78 is 0.307. The molecule has 0 bridgehead atoms. The Hall–Kier alpha value is -0.357. The zero-order chi connectivity index (χ0) is 17.4. The van der Waals surface area contributed by atoms with E-state index in [1.165, 1.54) is 39.0 Å². The van der Waals surface area contributed by atoms with Gasteiger partial charge in [-0.25, -0.2) is 0 Å². The molecule has 2 aromatic rings. The number of allylic oxidation sites excluding steroid dienone is 1. The molecule has 0 heterocycles. The molecule has 1 unspecified atom stereocenters. The second-order valence-electron chi connectivity index (χ2n) is 6.80. The van der Waals surface area contributed by atoms with Crippen LogP contribution in [0.1, 0.15) is 59.0 Å². The quantitative estimate of drug-likeness (QED) is 0.463. The Balaban J connectivity index is 2.28. The van der Waals surface area contributed by atoms with Crippen molar-refractivity contribution in [2.45, 2.75) is 43.7 Å². The summed E-state index contributed by atoms with van der Waals surface area (Å²) in [6.07, 6.45) is 3.39. The van der Waals surface area contributed by atoms with Crippen molar-refractivity contribution in [2.75, 3.05) is 0 Å². The monoisotopic (exact) mass is 435 g/mol. The van der Waals surface area contributed by atoms with Crippen molar-refractivity contribution in [1.29, 1.82) is 0 Å². The molecule has 0 saturated heterocycles. The molecule has 3 heteroatoms. The standard InChI is InChI=1S/C21H23.2ClH.Zr/c1-5-16-12-17-11-10-15(4)21(20(17)13-16)19-9-7-6-8-18(19)14(2)3;;;/h6-14H,5H2,1-4H3;2*1H;/q;;;+2/p-2. The Bertz CT molecular complexity index is 790. The molecule has 0 radical (unpaired) electrons. The topological polar surface area (TPSA) is 0 Å². The molecule has 1 atom stereocenters. The van der Waals surface area contributed by atoms with Gasteiger partial charge in [0.05, 0.1) is 0 Å². The van der Waals surface area contributed by atoms with Crippen LogP contribution in [0, 0.1) is 6.92 Å². The molecule has 24 heavy (non-hydrogen) atoms. The Labute approximate surface area is 160 Å². The van der Waals surface area contributed by atoms with Crippen molar-refractivity contribution in [2.24, 2.45) is 0 Å². The van der Waals surface area contributed by atoms with Crippen LogP contribution in [-0.4, -0.2) is 0 Å². The van der Waals surface area contributed by atoms with Gasteiger partial charge < -0.3 is 0 Å². The Morgan fingerprint density at radius 1 is 1.08 bits per heavy atom. The summed E-state index contributed by atoms with van der Waals surface area (Å²) in [6, 6.07) is 13.3. The number of fused-ring (bicyclic) bond motifs is 1. The van der Waals surface area contributed by atoms with Gasteiger partial charge in [0.2, 0.25) is 0 Å². The Morgan fingerprint density at radius 2 is 1.79 bits per heavy atom. The van der Waals surface area contributed by atoms with E-state index in [9.17, 15) is 0 Å². The van der Waals surface area contributed by atoms with E-state index >= 15 is 0 Å². The minimum absolute atomic E-state index is 0.307. The predicted molar refractivity (Wildman–Crippen MR) is 103 cm³/mol. The fourth-order valence-corrected chi connectivity index (χ4v) is 9.41. The van der Waals surface area contributed by atoms with Crippen LogP contribution in [0.5, 0.6) is 0 Å². The molecule has 0 N–H and O–H groups in total. The Morgan fingerprint density at radius 3 is 2.42 bits per heavy atom. The van der Waals surface area contributed by atoms with E-state index < -0.39 is 19.4 Å². The number of benzene rings is 2. The van der Waals surface area contributed by atoms with E-state index in [-0.39, 0.29) is 0 Å². The molecule has 2 aromatic carbocycles. The van der Waals surface area contributed by atoms with Crippen LogP contribution in [0.3, 0.4) is 0 Å². The van der Waals surface area contributed by atoms with Crippen LogP contribution in [-0.2, 0) is 19.4 Å². The summed E-state index contributed by atoms with van der Waals surface area (Å²) in [5.74, 6) is 0.496. The first-order valence-electron chi connectivity index (χ1n) is 8.56. The van der Waals surface area contributed by atoms with E-state index in [1.807, 2.05) is 0 Å². The summed E-state index contributed by atoms with van der Waals surface area (Å²) >= 11 is -2.41. The van der Waals surface area contributed by atoms with Crippen LogP contribution >= 0.6 is 17.0 Å². The zero-order valence-electron chi connectivity index (χ0n) is 14.7. The van der Waals surface area contributed by atoms with Gasteiger partial charge in [0, 0.05) is 0 Å². The third-order valence-corrected chi connectivity index (χ3v) is 10.3. The first kappa shape index (κ1) is 18.4. The van der Waals surface area contributed by atoms with Crippen LogP contribution in [0.2, 0.25) is 0 Å². The molecular formula is C21H23Cl2Zr. The summed E-state index contributed by atoms with van der Waals surface area (Å²) in [5.41, 5.74) is 9.56. The summed E-state index contributed by atoms with van der Waals surface area (Å²) in [7, 11) is 13.1. The first-order valence-corrected chi connectivity index (χ1v) is 16.3. The van der Waals surface area contributed by atoms with Gasteiger partial charge in [-0.2, -0.15) is 0 Å². The van der Waals surface area contributed by atoms with E-state index in [4.69, 9.17) is 17.0 Å². The van der Waals surface area contributed by atoms with Gasteiger partial charge >= 0.3 is 161 Å². The van der Waals surface area contributed by atoms with Gasteiger partial charge in [-0.05, 0) is 0 Å². The van der Waals surface area contributed by atoms with Gasteiger partial charge in [0.15, 0.2) is 0 Å². The van der Waals surface area contributed by atoms with Crippen LogP contribution in [0.4, 0.5) is 0 Å². The molecule has 0 nitrogen and oxygen atoms in total. The van der Waals surface area contributed by atoms with Crippen molar-refractivity contribution < 1.29 is 19.4 Å². The molecule has 1 aliphatic carbocycles. The second-order valence-corrected chi connectivity index (χ2v) is 15.6. The molecule has 0 spiro atoms. The van der Waals surface area contributed by atoms with Gasteiger partial charge in [0.25, 0.3) is 0 Å². The van der Waals surface area contributed by atoms with Crippen molar-refractivity contribution in [1.82, 2.24) is 0 Å². The number of hydrogen-bond acceptors (Lipinski definition) is 0. The maximum atomic E-state index is 6.53. The van der Waals surface area contributed by atoms with Crippen LogP contribution in [0.15, 0.2) is 42.0 Å². The average molecular weight is 438 g/mol. The molecule has 3 rings (SSSR count). The van der Waals surface area contributed by atoms with Gasteiger partial charge in [-0.1, -0.05) is 0 Å². The normalized spacial score (nSPS) is 16.3. The van der Waals surface area contributed by atoms with E-state index in [1.54, 1.807) is 0 Å². The van der Waals surface area contributed by atoms with E-state index in [0.717, 1.165) is 6.42 Å². The number of halogens is 2. The Kier molecular flexibility index (Phi) is 5.75. The molecule has 0 amide bonds. The minimum atomic E-state index is -2.41.